The fraction of sp³-hybridized carbons (Fsp3) is 0.432. The SMILES string of the molecule is CC(=O)Oc1ccc2c3c1O[C@H]1[C@H](N(C)C(=O)Cc4ccc(Cl)c(Cl)c4)CC[C@@]4(OC(C)=O)[C@@H](C2)N(CCc2ccccc2)CC[C@]314. The number of carbonyl (C=O) groups is 3. The lowest BCUT2D eigenvalue weighted by molar-refractivity contribution is -0.223. The predicted octanol–water partition coefficient (Wildman–Crippen LogP) is 5.96. The van der Waals surface area contributed by atoms with Crippen LogP contribution in [0, 0.1) is 0 Å². The Balaban J connectivity index is 1.30. The van der Waals surface area contributed by atoms with Gasteiger partial charge in [0.25, 0.3) is 0 Å². The molecule has 47 heavy (non-hydrogen) atoms. The van der Waals surface area contributed by atoms with Crippen molar-refractivity contribution in [3.05, 3.63) is 93.0 Å². The molecular formula is C37H38Cl2N2O6. The molecule has 8 nitrogen and oxygen atoms in total. The van der Waals surface area contributed by atoms with E-state index < -0.39 is 23.1 Å². The van der Waals surface area contributed by atoms with E-state index in [4.69, 9.17) is 37.4 Å². The van der Waals surface area contributed by atoms with E-state index in [1.54, 1.807) is 23.1 Å². The lowest BCUT2D eigenvalue weighted by atomic mass is 9.48. The normalized spacial score (nSPS) is 27.0. The number of hydrogen-bond donors (Lipinski definition) is 0. The zero-order valence-corrected chi connectivity index (χ0v) is 28.3. The second kappa shape index (κ2) is 12.1. The van der Waals surface area contributed by atoms with Crippen LogP contribution in [0.4, 0.5) is 0 Å². The zero-order chi connectivity index (χ0) is 33.1. The number of likely N-dealkylation sites (N-methyl/N-ethyl adjacent to an activating group) is 1. The first-order valence-corrected chi connectivity index (χ1v) is 17.0. The fourth-order valence-electron chi connectivity index (χ4n) is 8.98. The van der Waals surface area contributed by atoms with Crippen LogP contribution in [0.1, 0.15) is 55.4 Å². The van der Waals surface area contributed by atoms with Crippen LogP contribution >= 0.6 is 23.2 Å². The third-order valence-electron chi connectivity index (χ3n) is 10.8. The lowest BCUT2D eigenvalue weighted by Gasteiger charge is -2.65. The summed E-state index contributed by atoms with van der Waals surface area (Å²) in [5.74, 6) is 0.00203. The predicted molar refractivity (Wildman–Crippen MR) is 178 cm³/mol. The van der Waals surface area contributed by atoms with Crippen molar-refractivity contribution in [2.75, 3.05) is 20.1 Å². The number of esters is 2. The molecule has 2 aliphatic carbocycles. The van der Waals surface area contributed by atoms with Gasteiger partial charge in [-0.25, -0.2) is 0 Å². The molecule has 2 heterocycles. The Hall–Kier alpha value is -3.59. The third kappa shape index (κ3) is 5.20. The van der Waals surface area contributed by atoms with Gasteiger partial charge in [-0.15, -0.1) is 0 Å². The van der Waals surface area contributed by atoms with E-state index in [-0.39, 0.29) is 30.4 Å². The van der Waals surface area contributed by atoms with Gasteiger partial charge < -0.3 is 19.1 Å². The molecule has 4 aliphatic rings. The first-order chi connectivity index (χ1) is 22.5. The number of likely N-dealkylation sites (tertiary alicyclic amines) is 1. The molecule has 2 aliphatic heterocycles. The molecule has 246 valence electrons. The number of amides is 1. The molecule has 0 N–H and O–H groups in total. The van der Waals surface area contributed by atoms with Crippen LogP contribution in [0.15, 0.2) is 60.7 Å². The van der Waals surface area contributed by atoms with Crippen molar-refractivity contribution in [2.24, 2.45) is 0 Å². The van der Waals surface area contributed by atoms with Gasteiger partial charge in [0.15, 0.2) is 11.5 Å². The summed E-state index contributed by atoms with van der Waals surface area (Å²) in [6.45, 7) is 4.43. The molecule has 1 amide bonds. The van der Waals surface area contributed by atoms with E-state index in [1.807, 2.05) is 25.2 Å². The van der Waals surface area contributed by atoms with Crippen molar-refractivity contribution in [2.45, 2.75) is 81.6 Å². The minimum absolute atomic E-state index is 0.0857. The van der Waals surface area contributed by atoms with Crippen molar-refractivity contribution in [3.63, 3.8) is 0 Å². The average Bonchev–Trinajstić information content (AvgIpc) is 3.38. The molecule has 2 fully saturated rings. The fourth-order valence-corrected chi connectivity index (χ4v) is 9.30. The third-order valence-corrected chi connectivity index (χ3v) is 11.6. The van der Waals surface area contributed by atoms with Crippen LogP contribution in [0.25, 0.3) is 0 Å². The van der Waals surface area contributed by atoms with Gasteiger partial charge in [-0.2, -0.15) is 0 Å². The summed E-state index contributed by atoms with van der Waals surface area (Å²) in [5, 5.41) is 0.831. The molecule has 5 atom stereocenters. The smallest absolute Gasteiger partial charge is 0.308 e. The first-order valence-electron chi connectivity index (χ1n) is 16.2. The zero-order valence-electron chi connectivity index (χ0n) is 26.8. The molecule has 0 radical (unpaired) electrons. The maximum Gasteiger partial charge on any atom is 0.308 e. The van der Waals surface area contributed by atoms with E-state index in [2.05, 4.69) is 29.2 Å². The molecular weight excluding hydrogens is 639 g/mol. The van der Waals surface area contributed by atoms with Crippen LogP contribution < -0.4 is 9.47 Å². The molecule has 3 aromatic rings. The number of nitrogens with zero attached hydrogens (tertiary/aromatic N) is 2. The summed E-state index contributed by atoms with van der Waals surface area (Å²) >= 11 is 12.4. The van der Waals surface area contributed by atoms with Gasteiger partial charge in [0.2, 0.25) is 5.91 Å². The Morgan fingerprint density at radius 3 is 2.49 bits per heavy atom. The van der Waals surface area contributed by atoms with Gasteiger partial charge >= 0.3 is 11.9 Å². The van der Waals surface area contributed by atoms with E-state index >= 15 is 0 Å². The van der Waals surface area contributed by atoms with Crippen molar-refractivity contribution in [1.82, 2.24) is 9.80 Å². The van der Waals surface area contributed by atoms with E-state index in [0.29, 0.717) is 47.2 Å². The van der Waals surface area contributed by atoms with Crippen molar-refractivity contribution in [1.29, 1.82) is 0 Å². The van der Waals surface area contributed by atoms with Gasteiger partial charge in [-0.3, -0.25) is 19.3 Å². The van der Waals surface area contributed by atoms with Gasteiger partial charge in [0, 0.05) is 33.0 Å². The number of benzene rings is 3. The van der Waals surface area contributed by atoms with E-state index in [0.717, 1.165) is 36.2 Å². The summed E-state index contributed by atoms with van der Waals surface area (Å²) in [6.07, 6.45) is 2.94. The second-order valence-corrected chi connectivity index (χ2v) is 14.1. The van der Waals surface area contributed by atoms with Crippen molar-refractivity contribution in [3.8, 4) is 11.5 Å². The minimum atomic E-state index is -0.893. The number of hydrogen-bond acceptors (Lipinski definition) is 7. The Bertz CT molecular complexity index is 1750. The van der Waals surface area contributed by atoms with Gasteiger partial charge in [0.1, 0.15) is 11.7 Å². The van der Waals surface area contributed by atoms with E-state index in [9.17, 15) is 14.4 Å². The highest BCUT2D eigenvalue weighted by molar-refractivity contribution is 6.42. The summed E-state index contributed by atoms with van der Waals surface area (Å²) in [4.78, 5) is 43.4. The molecule has 1 saturated carbocycles. The topological polar surface area (TPSA) is 85.4 Å². The van der Waals surface area contributed by atoms with Crippen molar-refractivity contribution < 1.29 is 28.6 Å². The Kier molecular flexibility index (Phi) is 8.26. The average molecular weight is 678 g/mol. The van der Waals surface area contributed by atoms with Gasteiger partial charge in [0.05, 0.1) is 34.0 Å². The monoisotopic (exact) mass is 676 g/mol. The lowest BCUT2D eigenvalue weighted by Crippen LogP contribution is -2.79. The number of halogens is 2. The number of piperidine rings is 1. The van der Waals surface area contributed by atoms with Crippen LogP contribution in [0.3, 0.4) is 0 Å². The molecule has 0 unspecified atom stereocenters. The highest BCUT2D eigenvalue weighted by atomic mass is 35.5. The Morgan fingerprint density at radius 1 is 0.979 bits per heavy atom. The van der Waals surface area contributed by atoms with Gasteiger partial charge in [-0.1, -0.05) is 65.7 Å². The molecule has 1 saturated heterocycles. The highest BCUT2D eigenvalue weighted by Gasteiger charge is 2.75. The molecule has 3 aromatic carbocycles. The standard InChI is InChI=1S/C37H38Cl2N2O6/c1-22(42)45-30-12-10-26-21-31-37(47-23(2)43)15-13-29(40(3)32(44)20-25-9-11-27(38)28(39)19-25)35-36(37,33(26)34(30)46-35)16-18-41(31)17-14-24-7-5-4-6-8-24/h4-12,19,29,31,35H,13-18,20-21H2,1-3H3/t29-,31-,35+,36+,37-/m1/s1. The molecule has 10 heteroatoms. The van der Waals surface area contributed by atoms with Gasteiger partial charge in [-0.05, 0) is 73.5 Å². The number of ether oxygens (including phenoxy) is 3. The molecule has 0 aromatic heterocycles. The first kappa shape index (κ1) is 32.0. The number of rotatable bonds is 8. The maximum atomic E-state index is 13.9. The minimum Gasteiger partial charge on any atom is -0.483 e. The van der Waals surface area contributed by atoms with Crippen LogP contribution in [-0.4, -0.2) is 71.6 Å². The Morgan fingerprint density at radius 2 is 1.77 bits per heavy atom. The van der Waals surface area contributed by atoms with Crippen molar-refractivity contribution >= 4 is 41.0 Å². The summed E-state index contributed by atoms with van der Waals surface area (Å²) < 4.78 is 19.2. The second-order valence-electron chi connectivity index (χ2n) is 13.3. The van der Waals surface area contributed by atoms with E-state index in [1.165, 1.54) is 19.4 Å². The summed E-state index contributed by atoms with van der Waals surface area (Å²) in [5.41, 5.74) is 2.44. The highest BCUT2D eigenvalue weighted by Crippen LogP contribution is 2.67. The van der Waals surface area contributed by atoms with Crippen LogP contribution in [0.2, 0.25) is 10.0 Å². The molecule has 2 bridgehead atoms. The van der Waals surface area contributed by atoms with Crippen LogP contribution in [-0.2, 0) is 43.8 Å². The summed E-state index contributed by atoms with van der Waals surface area (Å²) in [6, 6.07) is 19.1. The largest absolute Gasteiger partial charge is 0.483 e. The number of carbonyl (C=O) groups excluding carboxylic acids is 3. The van der Waals surface area contributed by atoms with Crippen LogP contribution in [0.5, 0.6) is 11.5 Å². The quantitative estimate of drug-likeness (QED) is 0.215. The molecule has 7 rings (SSSR count). The maximum absolute atomic E-state index is 13.9. The molecule has 1 spiro atoms. The summed E-state index contributed by atoms with van der Waals surface area (Å²) in [7, 11) is 1.82. The Labute approximate surface area is 284 Å².